The quantitative estimate of drug-likeness (QED) is 0.348. The zero-order chi connectivity index (χ0) is 26.9. The van der Waals surface area contributed by atoms with Crippen LogP contribution in [0.2, 0.25) is 0 Å². The molecule has 1 saturated carbocycles. The molecule has 0 radical (unpaired) electrons. The summed E-state index contributed by atoms with van der Waals surface area (Å²) in [5, 5.41) is 11.7. The molecule has 1 fully saturated rings. The van der Waals surface area contributed by atoms with Crippen LogP contribution in [0.1, 0.15) is 58.0 Å². The van der Waals surface area contributed by atoms with Crippen molar-refractivity contribution in [3.05, 3.63) is 35.4 Å². The first-order chi connectivity index (χ1) is 17.5. The molecule has 2 heterocycles. The van der Waals surface area contributed by atoms with Crippen molar-refractivity contribution in [3.8, 4) is 11.8 Å². The summed E-state index contributed by atoms with van der Waals surface area (Å²) in [4.78, 5) is 10.7. The Morgan fingerprint density at radius 2 is 2.00 bits per heavy atom. The molecule has 0 saturated heterocycles. The van der Waals surface area contributed by atoms with Crippen LogP contribution >= 0.6 is 0 Å². The Bertz CT molecular complexity index is 1210. The van der Waals surface area contributed by atoms with Gasteiger partial charge >= 0.3 is 18.2 Å². The summed E-state index contributed by atoms with van der Waals surface area (Å²) in [6, 6.07) is 3.03. The molecule has 0 amide bonds. The number of aromatic nitrogens is 5. The van der Waals surface area contributed by atoms with Crippen molar-refractivity contribution in [2.24, 2.45) is 11.8 Å². The first kappa shape index (κ1) is 26.7. The maximum absolute atomic E-state index is 14.6. The van der Waals surface area contributed by atoms with Gasteiger partial charge in [-0.25, -0.2) is 9.07 Å². The second-order valence-corrected chi connectivity index (χ2v) is 9.62. The monoisotopic (exact) mass is 525 g/mol. The second kappa shape index (κ2) is 10.5. The SMILES string of the molecule is CCN(C[C@@H]1CC[C@H](C)[C@H]1Nc1nc(Oc2cccc(C(F)(F)F)c2F)n(C(C)C)n1)c1nc(C)no1. The Morgan fingerprint density at radius 3 is 2.62 bits per heavy atom. The average Bonchev–Trinajstić information content (AvgIpc) is 3.53. The molecule has 2 aromatic heterocycles. The highest BCUT2D eigenvalue weighted by molar-refractivity contribution is 5.36. The van der Waals surface area contributed by atoms with E-state index in [9.17, 15) is 17.6 Å². The van der Waals surface area contributed by atoms with Crippen molar-refractivity contribution in [3.63, 3.8) is 0 Å². The smallest absolute Gasteiger partial charge is 0.419 e. The molecule has 4 rings (SSSR count). The summed E-state index contributed by atoms with van der Waals surface area (Å²) < 4.78 is 66.3. The number of aryl methyl sites for hydroxylation is 1. The van der Waals surface area contributed by atoms with E-state index >= 15 is 0 Å². The number of anilines is 2. The Morgan fingerprint density at radius 1 is 1.24 bits per heavy atom. The molecule has 1 N–H and O–H groups in total. The van der Waals surface area contributed by atoms with Crippen molar-refractivity contribution >= 4 is 12.0 Å². The van der Waals surface area contributed by atoms with E-state index in [-0.39, 0.29) is 30.0 Å². The highest BCUT2D eigenvalue weighted by Gasteiger charge is 2.37. The van der Waals surface area contributed by atoms with Gasteiger partial charge in [0.1, 0.15) is 0 Å². The van der Waals surface area contributed by atoms with Crippen LogP contribution in [0.5, 0.6) is 11.8 Å². The molecule has 0 unspecified atom stereocenters. The third kappa shape index (κ3) is 5.80. The summed E-state index contributed by atoms with van der Waals surface area (Å²) in [6.45, 7) is 10.9. The fourth-order valence-corrected chi connectivity index (χ4v) is 4.64. The van der Waals surface area contributed by atoms with Gasteiger partial charge in [0, 0.05) is 19.1 Å². The Labute approximate surface area is 212 Å². The molecule has 13 heteroatoms. The highest BCUT2D eigenvalue weighted by atomic mass is 19.4. The first-order valence-corrected chi connectivity index (χ1v) is 12.3. The molecule has 9 nitrogen and oxygen atoms in total. The highest BCUT2D eigenvalue weighted by Crippen LogP contribution is 2.37. The van der Waals surface area contributed by atoms with Crippen LogP contribution < -0.4 is 15.0 Å². The molecule has 1 aliphatic carbocycles. The zero-order valence-electron chi connectivity index (χ0n) is 21.4. The lowest BCUT2D eigenvalue weighted by Crippen LogP contribution is -2.38. The summed E-state index contributed by atoms with van der Waals surface area (Å²) >= 11 is 0. The van der Waals surface area contributed by atoms with E-state index in [4.69, 9.17) is 9.26 Å². The number of hydrogen-bond acceptors (Lipinski definition) is 8. The van der Waals surface area contributed by atoms with Gasteiger partial charge in [-0.2, -0.15) is 23.1 Å². The van der Waals surface area contributed by atoms with E-state index < -0.39 is 23.3 Å². The summed E-state index contributed by atoms with van der Waals surface area (Å²) in [7, 11) is 0. The van der Waals surface area contributed by atoms with E-state index in [1.165, 1.54) is 4.68 Å². The molecule has 37 heavy (non-hydrogen) atoms. The van der Waals surface area contributed by atoms with Gasteiger partial charge in [-0.15, -0.1) is 5.10 Å². The molecule has 3 aromatic rings. The molecular formula is C24H31F4N7O2. The lowest BCUT2D eigenvalue weighted by atomic mass is 9.98. The van der Waals surface area contributed by atoms with Crippen LogP contribution in [0.3, 0.4) is 0 Å². The predicted octanol–water partition coefficient (Wildman–Crippen LogP) is 5.85. The number of hydrogen-bond donors (Lipinski definition) is 1. The number of ether oxygens (including phenoxy) is 1. The van der Waals surface area contributed by atoms with Crippen molar-refractivity contribution < 1.29 is 26.8 Å². The maximum atomic E-state index is 14.6. The lowest BCUT2D eigenvalue weighted by molar-refractivity contribution is -0.140. The molecule has 1 aliphatic rings. The number of alkyl halides is 3. The fourth-order valence-electron chi connectivity index (χ4n) is 4.64. The van der Waals surface area contributed by atoms with Gasteiger partial charge in [0.2, 0.25) is 5.95 Å². The summed E-state index contributed by atoms with van der Waals surface area (Å²) in [5.41, 5.74) is -1.40. The Balaban J connectivity index is 1.55. The van der Waals surface area contributed by atoms with E-state index in [1.807, 2.05) is 25.7 Å². The van der Waals surface area contributed by atoms with Crippen molar-refractivity contribution in [2.45, 2.75) is 65.7 Å². The van der Waals surface area contributed by atoms with Crippen molar-refractivity contribution in [1.29, 1.82) is 0 Å². The number of halogens is 4. The van der Waals surface area contributed by atoms with Crippen molar-refractivity contribution in [2.75, 3.05) is 23.3 Å². The van der Waals surface area contributed by atoms with Gasteiger partial charge in [0.05, 0.1) is 11.6 Å². The number of nitrogens with zero attached hydrogens (tertiary/aromatic N) is 6. The molecule has 0 spiro atoms. The van der Waals surface area contributed by atoms with E-state index in [0.29, 0.717) is 36.9 Å². The van der Waals surface area contributed by atoms with Crippen LogP contribution in [-0.2, 0) is 6.18 Å². The predicted molar refractivity (Wildman–Crippen MR) is 128 cm³/mol. The third-order valence-corrected chi connectivity index (χ3v) is 6.59. The second-order valence-electron chi connectivity index (χ2n) is 9.62. The number of rotatable bonds is 9. The van der Waals surface area contributed by atoms with Gasteiger partial charge in [0.25, 0.3) is 0 Å². The van der Waals surface area contributed by atoms with Crippen LogP contribution in [0, 0.1) is 24.6 Å². The molecular weight excluding hydrogens is 494 g/mol. The summed E-state index contributed by atoms with van der Waals surface area (Å²) in [5.74, 6) is -0.713. The Kier molecular flexibility index (Phi) is 7.60. The minimum atomic E-state index is -4.85. The van der Waals surface area contributed by atoms with Gasteiger partial charge in [0.15, 0.2) is 17.4 Å². The van der Waals surface area contributed by atoms with Gasteiger partial charge in [-0.05, 0) is 64.5 Å². The number of nitrogens with one attached hydrogen (secondary N) is 1. The van der Waals surface area contributed by atoms with Crippen LogP contribution in [-0.4, -0.2) is 44.0 Å². The lowest BCUT2D eigenvalue weighted by Gasteiger charge is -2.28. The van der Waals surface area contributed by atoms with Crippen LogP contribution in [0.15, 0.2) is 22.7 Å². The molecule has 3 atom stereocenters. The average molecular weight is 526 g/mol. The molecule has 0 bridgehead atoms. The minimum Gasteiger partial charge on any atom is -0.421 e. The maximum Gasteiger partial charge on any atom is 0.419 e. The van der Waals surface area contributed by atoms with Gasteiger partial charge < -0.3 is 19.5 Å². The molecule has 0 aliphatic heterocycles. The largest absolute Gasteiger partial charge is 0.421 e. The van der Waals surface area contributed by atoms with Gasteiger partial charge in [-0.3, -0.25) is 0 Å². The van der Waals surface area contributed by atoms with E-state index in [1.54, 1.807) is 6.92 Å². The number of benzene rings is 1. The first-order valence-electron chi connectivity index (χ1n) is 12.3. The Hall–Kier alpha value is -3.38. The topological polar surface area (TPSA) is 94.1 Å². The normalized spacial score (nSPS) is 20.0. The fraction of sp³-hybridized carbons (Fsp3) is 0.583. The van der Waals surface area contributed by atoms with Crippen molar-refractivity contribution in [1.82, 2.24) is 24.9 Å². The minimum absolute atomic E-state index is 0.0132. The van der Waals surface area contributed by atoms with E-state index in [2.05, 4.69) is 32.5 Å². The molecule has 202 valence electrons. The van der Waals surface area contributed by atoms with Crippen LogP contribution in [0.25, 0.3) is 0 Å². The summed E-state index contributed by atoms with van der Waals surface area (Å²) in [6.07, 6.45) is -2.89. The zero-order valence-corrected chi connectivity index (χ0v) is 21.4. The molecule has 1 aromatic carbocycles. The van der Waals surface area contributed by atoms with E-state index in [0.717, 1.165) is 25.0 Å². The standard InChI is InChI=1S/C24H31F4N7O2/c1-6-34(22-29-15(5)33-37-22)12-16-11-10-14(4)20(16)30-21-31-23(35(32-21)13(2)3)36-18-9-7-8-17(19(18)25)24(26,27)28/h7-9,13-14,16,20H,6,10-12H2,1-5H3,(H,30,32)/t14-,16-,20+/m0/s1. The third-order valence-electron chi connectivity index (χ3n) is 6.59. The van der Waals surface area contributed by atoms with Gasteiger partial charge in [-0.1, -0.05) is 18.1 Å². The van der Waals surface area contributed by atoms with Crippen LogP contribution in [0.4, 0.5) is 29.5 Å².